The summed E-state index contributed by atoms with van der Waals surface area (Å²) in [6, 6.07) is 9.91. The number of fused-ring (bicyclic) bond motifs is 1. The van der Waals surface area contributed by atoms with Crippen molar-refractivity contribution in [3.63, 3.8) is 0 Å². The largest absolute Gasteiger partial charge is 0.504 e. The van der Waals surface area contributed by atoms with Crippen molar-refractivity contribution in [1.82, 2.24) is 0 Å². The van der Waals surface area contributed by atoms with Gasteiger partial charge in [0.25, 0.3) is 0 Å². The fourth-order valence-corrected chi connectivity index (χ4v) is 4.37. The highest BCUT2D eigenvalue weighted by molar-refractivity contribution is 5.55. The monoisotopic (exact) mass is 412 g/mol. The SMILES string of the molecule is CCC(C)c1ccc([C@H]2c3cc(O)c(O)cc3CC2C)c(OC)c1.CCCCCC. The number of methoxy groups -OCH3 is 1. The Morgan fingerprint density at radius 1 is 0.967 bits per heavy atom. The highest BCUT2D eigenvalue weighted by Gasteiger charge is 2.33. The van der Waals surface area contributed by atoms with E-state index in [2.05, 4.69) is 52.8 Å². The molecule has 0 aromatic heterocycles. The molecule has 0 bridgehead atoms. The molecule has 3 nitrogen and oxygen atoms in total. The van der Waals surface area contributed by atoms with Crippen LogP contribution in [0, 0.1) is 5.92 Å². The first-order valence-electron chi connectivity index (χ1n) is 11.6. The fourth-order valence-electron chi connectivity index (χ4n) is 4.37. The molecule has 0 radical (unpaired) electrons. The van der Waals surface area contributed by atoms with Crippen molar-refractivity contribution < 1.29 is 14.9 Å². The van der Waals surface area contributed by atoms with Crippen molar-refractivity contribution in [3.8, 4) is 17.2 Å². The summed E-state index contributed by atoms with van der Waals surface area (Å²) in [7, 11) is 1.72. The molecule has 3 rings (SSSR count). The van der Waals surface area contributed by atoms with Crippen molar-refractivity contribution in [3.05, 3.63) is 52.6 Å². The Labute approximate surface area is 183 Å². The Morgan fingerprint density at radius 3 is 2.17 bits per heavy atom. The molecule has 3 heteroatoms. The van der Waals surface area contributed by atoms with Crippen molar-refractivity contribution in [2.45, 2.75) is 85.0 Å². The van der Waals surface area contributed by atoms with Crippen LogP contribution in [0.2, 0.25) is 0 Å². The fraction of sp³-hybridized carbons (Fsp3) is 0.556. The van der Waals surface area contributed by atoms with Gasteiger partial charge in [-0.05, 0) is 59.6 Å². The molecule has 0 fully saturated rings. The molecule has 2 unspecified atom stereocenters. The normalized spacial score (nSPS) is 18.3. The third-order valence-electron chi connectivity index (χ3n) is 6.41. The van der Waals surface area contributed by atoms with Crippen molar-refractivity contribution in [2.24, 2.45) is 5.92 Å². The van der Waals surface area contributed by atoms with Crippen LogP contribution < -0.4 is 4.74 Å². The van der Waals surface area contributed by atoms with E-state index in [1.165, 1.54) is 31.2 Å². The van der Waals surface area contributed by atoms with Gasteiger partial charge in [-0.1, -0.05) is 72.4 Å². The zero-order chi connectivity index (χ0) is 22.3. The van der Waals surface area contributed by atoms with Crippen LogP contribution >= 0.6 is 0 Å². The number of phenols is 2. The number of rotatable bonds is 7. The summed E-state index contributed by atoms with van der Waals surface area (Å²) in [5, 5.41) is 19.7. The van der Waals surface area contributed by atoms with Crippen LogP contribution in [-0.4, -0.2) is 17.3 Å². The van der Waals surface area contributed by atoms with Gasteiger partial charge in [0.15, 0.2) is 11.5 Å². The highest BCUT2D eigenvalue weighted by Crippen LogP contribution is 2.48. The van der Waals surface area contributed by atoms with Gasteiger partial charge in [0.2, 0.25) is 0 Å². The van der Waals surface area contributed by atoms with Gasteiger partial charge < -0.3 is 14.9 Å². The van der Waals surface area contributed by atoms with Crippen LogP contribution in [0.5, 0.6) is 17.2 Å². The maximum atomic E-state index is 9.93. The lowest BCUT2D eigenvalue weighted by Gasteiger charge is -2.22. The number of aromatic hydroxyl groups is 2. The van der Waals surface area contributed by atoms with Gasteiger partial charge in [0.1, 0.15) is 5.75 Å². The zero-order valence-corrected chi connectivity index (χ0v) is 19.7. The summed E-state index contributed by atoms with van der Waals surface area (Å²) in [6.45, 7) is 11.1. The second kappa shape index (κ2) is 11.3. The minimum absolute atomic E-state index is 0.0410. The van der Waals surface area contributed by atoms with E-state index in [0.717, 1.165) is 35.3 Å². The van der Waals surface area contributed by atoms with Crippen LogP contribution in [0.1, 0.15) is 101 Å². The lowest BCUT2D eigenvalue weighted by atomic mass is 9.84. The number of ether oxygens (including phenoxy) is 1. The first-order valence-corrected chi connectivity index (χ1v) is 11.6. The van der Waals surface area contributed by atoms with Crippen LogP contribution in [0.3, 0.4) is 0 Å². The summed E-state index contributed by atoms with van der Waals surface area (Å²) in [6.07, 6.45) is 7.52. The van der Waals surface area contributed by atoms with E-state index in [0.29, 0.717) is 11.8 Å². The highest BCUT2D eigenvalue weighted by atomic mass is 16.5. The van der Waals surface area contributed by atoms with Crippen LogP contribution in [0.25, 0.3) is 0 Å². The van der Waals surface area contributed by atoms with Gasteiger partial charge in [-0.25, -0.2) is 0 Å². The average molecular weight is 413 g/mol. The third-order valence-corrected chi connectivity index (χ3v) is 6.41. The molecule has 3 atom stereocenters. The number of hydrogen-bond donors (Lipinski definition) is 2. The van der Waals surface area contributed by atoms with E-state index in [-0.39, 0.29) is 17.4 Å². The number of hydrogen-bond acceptors (Lipinski definition) is 3. The van der Waals surface area contributed by atoms with Gasteiger partial charge in [-0.15, -0.1) is 0 Å². The summed E-state index contributed by atoms with van der Waals surface area (Å²) < 4.78 is 5.70. The van der Waals surface area contributed by atoms with E-state index in [1.54, 1.807) is 19.2 Å². The van der Waals surface area contributed by atoms with Crippen LogP contribution in [0.4, 0.5) is 0 Å². The Morgan fingerprint density at radius 2 is 1.60 bits per heavy atom. The third kappa shape index (κ3) is 5.50. The average Bonchev–Trinajstić information content (AvgIpc) is 3.06. The molecule has 30 heavy (non-hydrogen) atoms. The van der Waals surface area contributed by atoms with Gasteiger partial charge in [0.05, 0.1) is 7.11 Å². The van der Waals surface area contributed by atoms with E-state index in [9.17, 15) is 10.2 Å². The van der Waals surface area contributed by atoms with Crippen LogP contribution in [-0.2, 0) is 6.42 Å². The maximum absolute atomic E-state index is 9.93. The van der Waals surface area contributed by atoms with Crippen molar-refractivity contribution in [2.75, 3.05) is 7.11 Å². The first kappa shape index (κ1) is 24.1. The standard InChI is InChI=1S/C21H26O3.C6H14/c1-5-12(2)14-6-7-16(20(10-14)24-4)21-13(3)8-15-9-18(22)19(23)11-17(15)21;1-3-5-6-4-2/h6-7,9-13,21-23H,5,8H2,1-4H3;3-6H2,1-2H3/t12?,13?,21-;/m0./s1. The van der Waals surface area contributed by atoms with E-state index < -0.39 is 0 Å². The molecule has 0 spiro atoms. The molecule has 2 aromatic carbocycles. The van der Waals surface area contributed by atoms with Crippen molar-refractivity contribution in [1.29, 1.82) is 0 Å². The van der Waals surface area contributed by atoms with E-state index >= 15 is 0 Å². The minimum atomic E-state index is -0.0527. The Kier molecular flexibility index (Phi) is 9.08. The topological polar surface area (TPSA) is 49.7 Å². The Bertz CT molecular complexity index is 808. The van der Waals surface area contributed by atoms with Gasteiger partial charge >= 0.3 is 0 Å². The van der Waals surface area contributed by atoms with Crippen molar-refractivity contribution >= 4 is 0 Å². The predicted octanol–water partition coefficient (Wildman–Crippen LogP) is 7.53. The molecule has 1 aliphatic rings. The zero-order valence-electron chi connectivity index (χ0n) is 19.7. The summed E-state index contributed by atoms with van der Waals surface area (Å²) >= 11 is 0. The van der Waals surface area contributed by atoms with E-state index in [4.69, 9.17) is 4.74 Å². The van der Waals surface area contributed by atoms with E-state index in [1.807, 2.05) is 0 Å². The molecule has 0 amide bonds. The minimum Gasteiger partial charge on any atom is -0.504 e. The number of unbranched alkanes of at least 4 members (excludes halogenated alkanes) is 3. The lowest BCUT2D eigenvalue weighted by Crippen LogP contribution is -2.08. The molecular weight excluding hydrogens is 372 g/mol. The molecule has 0 aliphatic heterocycles. The van der Waals surface area contributed by atoms with Crippen LogP contribution in [0.15, 0.2) is 30.3 Å². The molecule has 0 saturated carbocycles. The quantitative estimate of drug-likeness (QED) is 0.365. The Hall–Kier alpha value is -2.16. The summed E-state index contributed by atoms with van der Waals surface area (Å²) in [5.41, 5.74) is 4.64. The smallest absolute Gasteiger partial charge is 0.157 e. The van der Waals surface area contributed by atoms with Gasteiger partial charge in [0, 0.05) is 11.5 Å². The predicted molar refractivity (Wildman–Crippen MR) is 126 cm³/mol. The van der Waals surface area contributed by atoms with Gasteiger partial charge in [-0.3, -0.25) is 0 Å². The maximum Gasteiger partial charge on any atom is 0.157 e. The first-order chi connectivity index (χ1) is 14.4. The number of phenolic OH excluding ortho intramolecular Hbond substituents is 2. The molecular formula is C27H40O3. The molecule has 0 heterocycles. The molecule has 1 aliphatic carbocycles. The second-order valence-corrected chi connectivity index (χ2v) is 8.72. The number of benzene rings is 2. The molecule has 2 aromatic rings. The second-order valence-electron chi connectivity index (χ2n) is 8.72. The summed E-state index contributed by atoms with van der Waals surface area (Å²) in [5.74, 6) is 1.88. The molecule has 0 saturated heterocycles. The molecule has 166 valence electrons. The Balaban J connectivity index is 0.000000469. The van der Waals surface area contributed by atoms with Gasteiger partial charge in [-0.2, -0.15) is 0 Å². The molecule has 2 N–H and O–H groups in total. The lowest BCUT2D eigenvalue weighted by molar-refractivity contribution is 0.399. The summed E-state index contributed by atoms with van der Waals surface area (Å²) in [4.78, 5) is 0.